The number of nitrogens with zero attached hydrogens (tertiary/aromatic N) is 2. The first-order chi connectivity index (χ1) is 8.74. The number of nitriles is 1. The zero-order valence-electron chi connectivity index (χ0n) is 10.7. The predicted molar refractivity (Wildman–Crippen MR) is 70.4 cm³/mol. The van der Waals surface area contributed by atoms with Gasteiger partial charge in [-0.2, -0.15) is 5.26 Å². The first-order valence-corrected chi connectivity index (χ1v) is 6.55. The molecule has 4 heteroatoms. The van der Waals surface area contributed by atoms with Gasteiger partial charge in [-0.05, 0) is 50.7 Å². The fraction of sp³-hybridized carbons (Fsp3) is 0.571. The number of aliphatic hydroxyl groups excluding tert-OH is 1. The summed E-state index contributed by atoms with van der Waals surface area (Å²) in [6.07, 6.45) is 4.83. The van der Waals surface area contributed by atoms with Crippen LogP contribution in [0.4, 0.5) is 5.82 Å². The van der Waals surface area contributed by atoms with Crippen LogP contribution in [-0.2, 0) is 12.8 Å². The molecule has 0 bridgehead atoms. The predicted octanol–water partition coefficient (Wildman–Crippen LogP) is 2.01. The molecule has 1 aliphatic rings. The van der Waals surface area contributed by atoms with Gasteiger partial charge in [0.15, 0.2) is 0 Å². The third kappa shape index (κ3) is 2.80. The lowest BCUT2D eigenvalue weighted by Gasteiger charge is -2.15. The van der Waals surface area contributed by atoms with Crippen LogP contribution in [0.3, 0.4) is 0 Å². The molecule has 0 radical (unpaired) electrons. The summed E-state index contributed by atoms with van der Waals surface area (Å²) in [4.78, 5) is 4.58. The first-order valence-electron chi connectivity index (χ1n) is 6.55. The number of pyridine rings is 1. The molecule has 1 aromatic heterocycles. The second-order valence-electron chi connectivity index (χ2n) is 4.87. The van der Waals surface area contributed by atoms with Crippen molar-refractivity contribution in [1.29, 1.82) is 5.26 Å². The Morgan fingerprint density at radius 3 is 3.11 bits per heavy atom. The summed E-state index contributed by atoms with van der Waals surface area (Å²) in [5.41, 5.74) is 2.98. The molecule has 0 fully saturated rings. The Hall–Kier alpha value is -1.60. The Kier molecular flexibility index (Phi) is 4.16. The molecular formula is C14H19N3O. The molecule has 0 saturated carbocycles. The zero-order valence-corrected chi connectivity index (χ0v) is 10.7. The fourth-order valence-corrected chi connectivity index (χ4v) is 2.37. The molecule has 0 aromatic carbocycles. The molecule has 18 heavy (non-hydrogen) atoms. The van der Waals surface area contributed by atoms with E-state index in [4.69, 9.17) is 10.4 Å². The molecular weight excluding hydrogens is 226 g/mol. The number of nitrogens with one attached hydrogen (secondary N) is 1. The minimum absolute atomic E-state index is 0.203. The van der Waals surface area contributed by atoms with Gasteiger partial charge in [-0.15, -0.1) is 0 Å². The molecule has 1 aromatic rings. The van der Waals surface area contributed by atoms with E-state index in [0.29, 0.717) is 11.4 Å². The van der Waals surface area contributed by atoms with Gasteiger partial charge in [-0.25, -0.2) is 4.98 Å². The van der Waals surface area contributed by atoms with Crippen molar-refractivity contribution < 1.29 is 5.11 Å². The Labute approximate surface area is 108 Å². The molecule has 4 nitrogen and oxygen atoms in total. The number of rotatable bonds is 5. The molecule has 1 aliphatic carbocycles. The lowest BCUT2D eigenvalue weighted by atomic mass is 10.1. The van der Waals surface area contributed by atoms with Gasteiger partial charge >= 0.3 is 0 Å². The van der Waals surface area contributed by atoms with Crippen molar-refractivity contribution in [3.8, 4) is 6.07 Å². The van der Waals surface area contributed by atoms with Gasteiger partial charge in [0.1, 0.15) is 11.9 Å². The smallest absolute Gasteiger partial charge is 0.144 e. The normalized spacial score (nSPS) is 14.9. The average Bonchev–Trinajstić information content (AvgIpc) is 2.82. The Bertz CT molecular complexity index is 465. The van der Waals surface area contributed by atoms with Crippen LogP contribution in [0.2, 0.25) is 0 Å². The Morgan fingerprint density at radius 1 is 1.56 bits per heavy atom. The first kappa shape index (κ1) is 12.8. The van der Waals surface area contributed by atoms with E-state index >= 15 is 0 Å². The summed E-state index contributed by atoms with van der Waals surface area (Å²) in [6, 6.07) is 4.40. The van der Waals surface area contributed by atoms with Crippen molar-refractivity contribution >= 4 is 5.82 Å². The Morgan fingerprint density at radius 2 is 2.39 bits per heavy atom. The van der Waals surface area contributed by atoms with Gasteiger partial charge in [0.2, 0.25) is 0 Å². The van der Waals surface area contributed by atoms with Crippen molar-refractivity contribution in [2.24, 2.45) is 0 Å². The van der Waals surface area contributed by atoms with E-state index in [0.717, 1.165) is 37.8 Å². The average molecular weight is 245 g/mol. The van der Waals surface area contributed by atoms with Gasteiger partial charge in [-0.1, -0.05) is 0 Å². The highest BCUT2D eigenvalue weighted by Crippen LogP contribution is 2.25. The summed E-state index contributed by atoms with van der Waals surface area (Å²) >= 11 is 0. The molecule has 0 amide bonds. The van der Waals surface area contributed by atoms with Gasteiger partial charge in [0, 0.05) is 18.3 Å². The molecule has 0 saturated heterocycles. The van der Waals surface area contributed by atoms with E-state index < -0.39 is 0 Å². The van der Waals surface area contributed by atoms with E-state index in [1.165, 1.54) is 5.56 Å². The summed E-state index contributed by atoms with van der Waals surface area (Å²) < 4.78 is 0. The van der Waals surface area contributed by atoms with Crippen LogP contribution < -0.4 is 5.32 Å². The summed E-state index contributed by atoms with van der Waals surface area (Å²) in [6.45, 7) is 2.25. The number of hydrogen-bond acceptors (Lipinski definition) is 4. The molecule has 1 heterocycles. The molecule has 1 unspecified atom stereocenters. The fourth-order valence-electron chi connectivity index (χ4n) is 2.37. The number of aliphatic hydroxyl groups is 1. The van der Waals surface area contributed by atoms with Crippen molar-refractivity contribution in [1.82, 2.24) is 4.98 Å². The van der Waals surface area contributed by atoms with Crippen molar-refractivity contribution in [2.45, 2.75) is 45.1 Å². The van der Waals surface area contributed by atoms with Crippen LogP contribution in [0, 0.1) is 11.3 Å². The quantitative estimate of drug-likeness (QED) is 0.832. The second kappa shape index (κ2) is 5.83. The SMILES string of the molecule is CC(CCCO)Nc1nc2c(cc1C#N)CCC2. The van der Waals surface area contributed by atoms with Gasteiger partial charge in [-0.3, -0.25) is 0 Å². The lowest BCUT2D eigenvalue weighted by molar-refractivity contribution is 0.282. The van der Waals surface area contributed by atoms with Crippen LogP contribution >= 0.6 is 0 Å². The van der Waals surface area contributed by atoms with Crippen LogP contribution in [-0.4, -0.2) is 22.7 Å². The van der Waals surface area contributed by atoms with E-state index in [1.54, 1.807) is 0 Å². The van der Waals surface area contributed by atoms with Gasteiger partial charge < -0.3 is 10.4 Å². The molecule has 1 atom stereocenters. The van der Waals surface area contributed by atoms with Crippen LogP contribution in [0.5, 0.6) is 0 Å². The number of hydrogen-bond donors (Lipinski definition) is 2. The number of aryl methyl sites for hydroxylation is 2. The largest absolute Gasteiger partial charge is 0.396 e. The van der Waals surface area contributed by atoms with E-state index in [1.807, 2.05) is 13.0 Å². The standard InChI is InChI=1S/C14H19N3O/c1-10(4-3-7-18)16-14-12(9-15)8-11-5-2-6-13(11)17-14/h8,10,18H,2-7H2,1H3,(H,16,17). The van der Waals surface area contributed by atoms with Crippen LogP contribution in [0.25, 0.3) is 0 Å². The zero-order chi connectivity index (χ0) is 13.0. The molecule has 0 spiro atoms. The van der Waals surface area contributed by atoms with Gasteiger partial charge in [0.25, 0.3) is 0 Å². The highest BCUT2D eigenvalue weighted by Gasteiger charge is 2.17. The summed E-state index contributed by atoms with van der Waals surface area (Å²) in [5.74, 6) is 0.698. The monoisotopic (exact) mass is 245 g/mol. The lowest BCUT2D eigenvalue weighted by Crippen LogP contribution is -2.18. The van der Waals surface area contributed by atoms with Crippen molar-refractivity contribution in [2.75, 3.05) is 11.9 Å². The maximum Gasteiger partial charge on any atom is 0.144 e. The second-order valence-corrected chi connectivity index (χ2v) is 4.87. The molecule has 96 valence electrons. The van der Waals surface area contributed by atoms with Crippen LogP contribution in [0.15, 0.2) is 6.07 Å². The summed E-state index contributed by atoms with van der Waals surface area (Å²) in [7, 11) is 0. The topological polar surface area (TPSA) is 68.9 Å². The van der Waals surface area contributed by atoms with Crippen LogP contribution in [0.1, 0.15) is 43.0 Å². The summed E-state index contributed by atoms with van der Waals surface area (Å²) in [5, 5.41) is 21.3. The number of anilines is 1. The van der Waals surface area contributed by atoms with Gasteiger partial charge in [0.05, 0.1) is 5.56 Å². The highest BCUT2D eigenvalue weighted by molar-refractivity contribution is 5.55. The van der Waals surface area contributed by atoms with Crippen molar-refractivity contribution in [3.63, 3.8) is 0 Å². The minimum Gasteiger partial charge on any atom is -0.396 e. The minimum atomic E-state index is 0.203. The van der Waals surface area contributed by atoms with Crippen molar-refractivity contribution in [3.05, 3.63) is 22.9 Å². The molecule has 2 rings (SSSR count). The molecule has 0 aliphatic heterocycles. The highest BCUT2D eigenvalue weighted by atomic mass is 16.2. The Balaban J connectivity index is 2.14. The van der Waals surface area contributed by atoms with E-state index in [2.05, 4.69) is 16.4 Å². The molecule has 2 N–H and O–H groups in total. The third-order valence-electron chi connectivity index (χ3n) is 3.35. The number of fused-ring (bicyclic) bond motifs is 1. The third-order valence-corrected chi connectivity index (χ3v) is 3.35. The maximum absolute atomic E-state index is 9.17. The van der Waals surface area contributed by atoms with E-state index in [9.17, 15) is 0 Å². The van der Waals surface area contributed by atoms with E-state index in [-0.39, 0.29) is 12.6 Å². The maximum atomic E-state index is 9.17. The number of aromatic nitrogens is 1.